The number of amides is 2. The van der Waals surface area contributed by atoms with Gasteiger partial charge in [0.1, 0.15) is 10.6 Å². The van der Waals surface area contributed by atoms with Gasteiger partial charge in [0, 0.05) is 22.7 Å². The Kier molecular flexibility index (Phi) is 5.16. The van der Waals surface area contributed by atoms with E-state index in [4.69, 9.17) is 4.74 Å². The number of nitrogens with one attached hydrogen (secondary N) is 2. The maximum Gasteiger partial charge on any atom is 0.269 e. The molecule has 2 rings (SSSR count). The first-order chi connectivity index (χ1) is 10.5. The molecule has 0 radical (unpaired) electrons. The number of hydrogen-bond acceptors (Lipinski definition) is 4. The van der Waals surface area contributed by atoms with Gasteiger partial charge in [-0.3, -0.25) is 9.59 Å². The smallest absolute Gasteiger partial charge is 0.269 e. The fraction of sp³-hybridized carbons (Fsp3) is 0.250. The first-order valence-corrected chi connectivity index (χ1v) is 7.70. The van der Waals surface area contributed by atoms with Gasteiger partial charge in [-0.2, -0.15) is 0 Å². The van der Waals surface area contributed by atoms with Crippen molar-refractivity contribution in [3.63, 3.8) is 0 Å². The summed E-state index contributed by atoms with van der Waals surface area (Å²) in [5.74, 6) is 0.267. The lowest BCUT2D eigenvalue weighted by Crippen LogP contribution is -2.12. The highest BCUT2D eigenvalue weighted by Gasteiger charge is 2.16. The fourth-order valence-corrected chi connectivity index (χ4v) is 2.79. The van der Waals surface area contributed by atoms with E-state index in [0.29, 0.717) is 28.4 Å². The summed E-state index contributed by atoms with van der Waals surface area (Å²) in [6, 6.07) is 8.87. The van der Waals surface area contributed by atoms with Gasteiger partial charge in [-0.25, -0.2) is 0 Å². The second-order valence-electron chi connectivity index (χ2n) is 4.69. The standard InChI is InChI=1S/C16H18N2O3S/c1-4-14(19)17-11-6-5-7-12(9-11)18-16(20)15-13(21-3)8-10(2)22-15/h5-9H,4H2,1-3H3,(H,17,19)(H,18,20). The van der Waals surface area contributed by atoms with E-state index in [0.717, 1.165) is 4.88 Å². The van der Waals surface area contributed by atoms with E-state index in [9.17, 15) is 9.59 Å². The lowest BCUT2D eigenvalue weighted by molar-refractivity contribution is -0.115. The van der Waals surface area contributed by atoms with E-state index in [1.165, 1.54) is 11.3 Å². The van der Waals surface area contributed by atoms with Crippen LogP contribution in [-0.2, 0) is 4.79 Å². The number of aryl methyl sites for hydroxylation is 1. The quantitative estimate of drug-likeness (QED) is 0.884. The van der Waals surface area contributed by atoms with E-state index >= 15 is 0 Å². The van der Waals surface area contributed by atoms with E-state index in [1.807, 2.05) is 13.0 Å². The molecule has 0 bridgehead atoms. The summed E-state index contributed by atoms with van der Waals surface area (Å²) in [6.45, 7) is 3.71. The molecule has 0 aliphatic rings. The van der Waals surface area contributed by atoms with Gasteiger partial charge in [-0.1, -0.05) is 13.0 Å². The summed E-state index contributed by atoms with van der Waals surface area (Å²) >= 11 is 1.38. The molecular weight excluding hydrogens is 300 g/mol. The average Bonchev–Trinajstić information content (AvgIpc) is 2.88. The lowest BCUT2D eigenvalue weighted by atomic mass is 10.2. The number of anilines is 2. The summed E-state index contributed by atoms with van der Waals surface area (Å²) in [5.41, 5.74) is 1.27. The Labute approximate surface area is 133 Å². The van der Waals surface area contributed by atoms with Crippen molar-refractivity contribution in [2.24, 2.45) is 0 Å². The topological polar surface area (TPSA) is 67.4 Å². The van der Waals surface area contributed by atoms with Crippen LogP contribution in [0.4, 0.5) is 11.4 Å². The van der Waals surface area contributed by atoms with E-state index in [1.54, 1.807) is 38.3 Å². The molecule has 2 amide bonds. The zero-order valence-corrected chi connectivity index (χ0v) is 13.5. The highest BCUT2D eigenvalue weighted by atomic mass is 32.1. The summed E-state index contributed by atoms with van der Waals surface area (Å²) in [7, 11) is 1.54. The van der Waals surface area contributed by atoms with Crippen molar-refractivity contribution in [2.45, 2.75) is 20.3 Å². The molecule has 116 valence electrons. The van der Waals surface area contributed by atoms with Crippen molar-refractivity contribution >= 4 is 34.5 Å². The number of hydrogen-bond donors (Lipinski definition) is 2. The molecule has 1 aromatic heterocycles. The minimum Gasteiger partial charge on any atom is -0.495 e. The predicted molar refractivity (Wildman–Crippen MR) is 88.9 cm³/mol. The second kappa shape index (κ2) is 7.09. The molecule has 0 unspecified atom stereocenters. The first kappa shape index (κ1) is 16.0. The van der Waals surface area contributed by atoms with Crippen LogP contribution in [0, 0.1) is 6.92 Å². The molecule has 0 aliphatic heterocycles. The lowest BCUT2D eigenvalue weighted by Gasteiger charge is -2.08. The predicted octanol–water partition coefficient (Wildman–Crippen LogP) is 3.67. The summed E-state index contributed by atoms with van der Waals surface area (Å²) in [5, 5.41) is 5.58. The van der Waals surface area contributed by atoms with Crippen LogP contribution in [0.3, 0.4) is 0 Å². The number of benzene rings is 1. The molecule has 0 atom stereocenters. The Hall–Kier alpha value is -2.34. The third-order valence-corrected chi connectivity index (χ3v) is 4.00. The molecule has 0 spiro atoms. The monoisotopic (exact) mass is 318 g/mol. The minimum atomic E-state index is -0.228. The molecule has 5 nitrogen and oxygen atoms in total. The second-order valence-corrected chi connectivity index (χ2v) is 5.95. The number of methoxy groups -OCH3 is 1. The van der Waals surface area contributed by atoms with Gasteiger partial charge in [0.05, 0.1) is 7.11 Å². The van der Waals surface area contributed by atoms with E-state index < -0.39 is 0 Å². The molecule has 6 heteroatoms. The van der Waals surface area contributed by atoms with Crippen molar-refractivity contribution < 1.29 is 14.3 Å². The van der Waals surface area contributed by atoms with Crippen LogP contribution in [0.2, 0.25) is 0 Å². The number of thiophene rings is 1. The van der Waals surface area contributed by atoms with Crippen LogP contribution < -0.4 is 15.4 Å². The van der Waals surface area contributed by atoms with E-state index in [2.05, 4.69) is 10.6 Å². The van der Waals surface area contributed by atoms with Gasteiger partial charge in [-0.05, 0) is 31.2 Å². The normalized spacial score (nSPS) is 10.1. The molecule has 0 aliphatic carbocycles. The Bertz CT molecular complexity index is 694. The van der Waals surface area contributed by atoms with Crippen molar-refractivity contribution in [1.82, 2.24) is 0 Å². The Morgan fingerprint density at radius 1 is 1.18 bits per heavy atom. The molecule has 22 heavy (non-hydrogen) atoms. The summed E-state index contributed by atoms with van der Waals surface area (Å²) < 4.78 is 5.21. The number of carbonyl (C=O) groups is 2. The SMILES string of the molecule is CCC(=O)Nc1cccc(NC(=O)c2sc(C)cc2OC)c1. The molecule has 0 saturated heterocycles. The molecule has 1 aromatic carbocycles. The molecule has 2 N–H and O–H groups in total. The summed E-state index contributed by atoms with van der Waals surface area (Å²) in [6.07, 6.45) is 0.405. The van der Waals surface area contributed by atoms with Crippen LogP contribution in [0.5, 0.6) is 5.75 Å². The summed E-state index contributed by atoms with van der Waals surface area (Å²) in [4.78, 5) is 25.3. The molecule has 1 heterocycles. The third kappa shape index (κ3) is 3.85. The highest BCUT2D eigenvalue weighted by molar-refractivity contribution is 7.14. The van der Waals surface area contributed by atoms with Gasteiger partial charge >= 0.3 is 0 Å². The van der Waals surface area contributed by atoms with Crippen LogP contribution >= 0.6 is 11.3 Å². The molecule has 0 fully saturated rings. The number of carbonyl (C=O) groups excluding carboxylic acids is 2. The van der Waals surface area contributed by atoms with Gasteiger partial charge in [-0.15, -0.1) is 11.3 Å². The Morgan fingerprint density at radius 2 is 1.86 bits per heavy atom. The highest BCUT2D eigenvalue weighted by Crippen LogP contribution is 2.29. The van der Waals surface area contributed by atoms with Crippen molar-refractivity contribution in [2.75, 3.05) is 17.7 Å². The van der Waals surface area contributed by atoms with E-state index in [-0.39, 0.29) is 11.8 Å². The zero-order chi connectivity index (χ0) is 16.1. The largest absolute Gasteiger partial charge is 0.495 e. The van der Waals surface area contributed by atoms with Gasteiger partial charge in [0.15, 0.2) is 0 Å². The number of ether oxygens (including phenoxy) is 1. The minimum absolute atomic E-state index is 0.0703. The molecule has 0 saturated carbocycles. The van der Waals surface area contributed by atoms with Gasteiger partial charge < -0.3 is 15.4 Å². The maximum absolute atomic E-state index is 12.3. The van der Waals surface area contributed by atoms with Crippen molar-refractivity contribution in [1.29, 1.82) is 0 Å². The van der Waals surface area contributed by atoms with Crippen molar-refractivity contribution in [3.05, 3.63) is 40.1 Å². The molecular formula is C16H18N2O3S. The van der Waals surface area contributed by atoms with Gasteiger partial charge in [0.2, 0.25) is 5.91 Å². The third-order valence-electron chi connectivity index (χ3n) is 2.97. The first-order valence-electron chi connectivity index (χ1n) is 6.89. The zero-order valence-electron chi connectivity index (χ0n) is 12.7. The van der Waals surface area contributed by atoms with Crippen molar-refractivity contribution in [3.8, 4) is 5.75 Å². The molecule has 2 aromatic rings. The van der Waals surface area contributed by atoms with Crippen LogP contribution in [-0.4, -0.2) is 18.9 Å². The Balaban J connectivity index is 2.14. The average molecular weight is 318 g/mol. The van der Waals surface area contributed by atoms with Crippen LogP contribution in [0.25, 0.3) is 0 Å². The van der Waals surface area contributed by atoms with Gasteiger partial charge in [0.25, 0.3) is 5.91 Å². The Morgan fingerprint density at radius 3 is 2.50 bits per heavy atom. The van der Waals surface area contributed by atoms with Crippen LogP contribution in [0.15, 0.2) is 30.3 Å². The fourth-order valence-electron chi connectivity index (χ4n) is 1.91. The van der Waals surface area contributed by atoms with Crippen LogP contribution in [0.1, 0.15) is 27.9 Å². The number of rotatable bonds is 5. The maximum atomic E-state index is 12.3.